The predicted octanol–water partition coefficient (Wildman–Crippen LogP) is 1.74. The minimum atomic E-state index is -0.389. The van der Waals surface area contributed by atoms with Gasteiger partial charge in [0.05, 0.1) is 5.60 Å². The normalized spacial score (nSPS) is 12.5. The minimum Gasteiger partial charge on any atom is -0.420 e. The van der Waals surface area contributed by atoms with Crippen LogP contribution in [-0.2, 0) is 9.22 Å². The van der Waals surface area contributed by atoms with Crippen LogP contribution in [0.3, 0.4) is 0 Å². The van der Waals surface area contributed by atoms with Crippen molar-refractivity contribution in [2.24, 2.45) is 4.99 Å². The van der Waals surface area contributed by atoms with Gasteiger partial charge in [0.2, 0.25) is 6.08 Å². The second-order valence-corrected chi connectivity index (χ2v) is 4.26. The van der Waals surface area contributed by atoms with Crippen LogP contribution < -0.4 is 0 Å². The van der Waals surface area contributed by atoms with E-state index in [0.717, 1.165) is 25.7 Å². The van der Waals surface area contributed by atoms with Crippen LogP contribution in [0.2, 0.25) is 0 Å². The highest BCUT2D eigenvalue weighted by molar-refractivity contribution is 5.98. The van der Waals surface area contributed by atoms with Gasteiger partial charge in [-0.1, -0.05) is 27.7 Å². The van der Waals surface area contributed by atoms with Gasteiger partial charge in [0.15, 0.2) is 0 Å². The van der Waals surface area contributed by atoms with Gasteiger partial charge in [-0.25, -0.2) is 4.79 Å². The molecule has 0 atom stereocenters. The largest absolute Gasteiger partial charge is 0.420 e. The molecular weight excluding hydrogens is 206 g/mol. The molecule has 3 nitrogen and oxygen atoms in total. The number of aliphatic imine (C=N–C) groups is 1. The Hall–Kier alpha value is -0.443. The molecule has 0 aliphatic rings. The maximum Gasteiger partial charge on any atom is 0.235 e. The Morgan fingerprint density at radius 2 is 1.60 bits per heavy atom. The fraction of sp³-hybridized carbons (Fsp3) is 0.909. The SMILES string of the molecule is CCC(CC)(N=C=O)C(CC)(CC)O[SiH3]. The van der Waals surface area contributed by atoms with Crippen LogP contribution in [0.4, 0.5) is 0 Å². The number of isocyanates is 1. The molecule has 0 amide bonds. The summed E-state index contributed by atoms with van der Waals surface area (Å²) in [5.74, 6) is 0. The van der Waals surface area contributed by atoms with E-state index in [9.17, 15) is 4.79 Å². The third kappa shape index (κ3) is 2.38. The van der Waals surface area contributed by atoms with Crippen molar-refractivity contribution >= 4 is 16.6 Å². The molecule has 0 fully saturated rings. The van der Waals surface area contributed by atoms with Crippen LogP contribution >= 0.6 is 0 Å². The van der Waals surface area contributed by atoms with Crippen molar-refractivity contribution in [2.75, 3.05) is 0 Å². The molecule has 0 aliphatic carbocycles. The summed E-state index contributed by atoms with van der Waals surface area (Å²) in [4.78, 5) is 14.7. The van der Waals surface area contributed by atoms with Crippen LogP contribution in [0, 0.1) is 0 Å². The first-order valence-electron chi connectivity index (χ1n) is 5.76. The lowest BCUT2D eigenvalue weighted by atomic mass is 9.73. The van der Waals surface area contributed by atoms with Crippen molar-refractivity contribution in [1.82, 2.24) is 0 Å². The van der Waals surface area contributed by atoms with Gasteiger partial charge in [-0.3, -0.25) is 0 Å². The first kappa shape index (κ1) is 14.6. The number of carbonyl (C=O) groups excluding carboxylic acids is 1. The van der Waals surface area contributed by atoms with E-state index in [1.165, 1.54) is 0 Å². The van der Waals surface area contributed by atoms with Crippen LogP contribution in [0.5, 0.6) is 0 Å². The van der Waals surface area contributed by atoms with Gasteiger partial charge >= 0.3 is 0 Å². The summed E-state index contributed by atoms with van der Waals surface area (Å²) in [6, 6.07) is 0. The molecule has 0 aromatic rings. The lowest BCUT2D eigenvalue weighted by Crippen LogP contribution is -2.53. The second kappa shape index (κ2) is 6.21. The molecule has 0 radical (unpaired) electrons. The molecule has 0 saturated heterocycles. The Morgan fingerprint density at radius 1 is 1.13 bits per heavy atom. The maximum atomic E-state index is 10.6. The summed E-state index contributed by atoms with van der Waals surface area (Å²) < 4.78 is 5.80. The number of nitrogens with zero attached hydrogens (tertiary/aromatic N) is 1. The smallest absolute Gasteiger partial charge is 0.235 e. The molecular formula is C11H23NO2Si. The lowest BCUT2D eigenvalue weighted by Gasteiger charge is -2.45. The van der Waals surface area contributed by atoms with E-state index < -0.39 is 0 Å². The summed E-state index contributed by atoms with van der Waals surface area (Å²) in [5.41, 5.74) is -0.667. The topological polar surface area (TPSA) is 38.7 Å². The Bertz CT molecular complexity index is 220. The highest BCUT2D eigenvalue weighted by Crippen LogP contribution is 2.40. The molecule has 0 unspecified atom stereocenters. The van der Waals surface area contributed by atoms with E-state index in [4.69, 9.17) is 4.43 Å². The predicted molar refractivity (Wildman–Crippen MR) is 65.8 cm³/mol. The van der Waals surface area contributed by atoms with Gasteiger partial charge in [-0.15, -0.1) is 0 Å². The third-order valence-corrected chi connectivity index (χ3v) is 4.59. The molecule has 88 valence electrons. The molecule has 0 rings (SSSR count). The summed E-state index contributed by atoms with van der Waals surface area (Å²) in [6.45, 7) is 8.32. The fourth-order valence-electron chi connectivity index (χ4n) is 2.63. The van der Waals surface area contributed by atoms with E-state index >= 15 is 0 Å². The van der Waals surface area contributed by atoms with Crippen molar-refractivity contribution in [3.8, 4) is 0 Å². The molecule has 0 aromatic heterocycles. The van der Waals surface area contributed by atoms with E-state index in [1.54, 1.807) is 6.08 Å². The standard InChI is InChI=1S/C11H23NO2Si/c1-5-10(6-2,12-9-13)11(7-3,8-4)14-15/h5-8H2,1-4,15H3. The fourth-order valence-corrected chi connectivity index (χ4v) is 3.59. The van der Waals surface area contributed by atoms with Gasteiger partial charge in [0.1, 0.15) is 16.0 Å². The zero-order valence-corrected chi connectivity index (χ0v) is 12.6. The van der Waals surface area contributed by atoms with Crippen molar-refractivity contribution < 1.29 is 9.22 Å². The molecule has 0 saturated carbocycles. The van der Waals surface area contributed by atoms with Crippen molar-refractivity contribution in [3.05, 3.63) is 0 Å². The zero-order chi connectivity index (χ0) is 11.9. The van der Waals surface area contributed by atoms with E-state index in [-0.39, 0.29) is 11.1 Å². The number of rotatable bonds is 7. The summed E-state index contributed by atoms with van der Waals surface area (Å²) in [5, 5.41) is 0. The van der Waals surface area contributed by atoms with Crippen LogP contribution in [0.25, 0.3) is 0 Å². The molecule has 15 heavy (non-hydrogen) atoms. The van der Waals surface area contributed by atoms with Crippen LogP contribution in [0.1, 0.15) is 53.4 Å². The highest BCUT2D eigenvalue weighted by atomic mass is 28.2. The Labute approximate surface area is 95.9 Å². The van der Waals surface area contributed by atoms with Crippen LogP contribution in [0.15, 0.2) is 4.99 Å². The van der Waals surface area contributed by atoms with Crippen molar-refractivity contribution in [3.63, 3.8) is 0 Å². The Balaban J connectivity index is 5.42. The molecule has 4 heteroatoms. The van der Waals surface area contributed by atoms with Crippen molar-refractivity contribution in [1.29, 1.82) is 0 Å². The van der Waals surface area contributed by atoms with E-state index in [2.05, 4.69) is 32.7 Å². The summed E-state index contributed by atoms with van der Waals surface area (Å²) in [7, 11) is 0.673. The number of hydrogen-bond acceptors (Lipinski definition) is 3. The average molecular weight is 229 g/mol. The van der Waals surface area contributed by atoms with Gasteiger partial charge in [0.25, 0.3) is 0 Å². The maximum absolute atomic E-state index is 10.6. The Kier molecular flexibility index (Phi) is 6.02. The molecule has 0 bridgehead atoms. The number of hydrogen-bond donors (Lipinski definition) is 0. The second-order valence-electron chi connectivity index (χ2n) is 3.85. The first-order chi connectivity index (χ1) is 7.11. The van der Waals surface area contributed by atoms with Gasteiger partial charge in [-0.2, -0.15) is 4.99 Å². The average Bonchev–Trinajstić information content (AvgIpc) is 2.30. The summed E-state index contributed by atoms with van der Waals surface area (Å²) >= 11 is 0. The van der Waals surface area contributed by atoms with Gasteiger partial charge in [-0.05, 0) is 25.7 Å². The quantitative estimate of drug-likeness (QED) is 0.379. The zero-order valence-electron chi connectivity index (χ0n) is 10.6. The molecule has 0 aliphatic heterocycles. The lowest BCUT2D eigenvalue weighted by molar-refractivity contribution is -0.0150. The van der Waals surface area contributed by atoms with Gasteiger partial charge in [0, 0.05) is 0 Å². The van der Waals surface area contributed by atoms with E-state index in [0.29, 0.717) is 10.5 Å². The molecule has 0 N–H and O–H groups in total. The van der Waals surface area contributed by atoms with E-state index in [1.807, 2.05) is 0 Å². The Morgan fingerprint density at radius 3 is 1.80 bits per heavy atom. The van der Waals surface area contributed by atoms with Crippen LogP contribution in [-0.4, -0.2) is 27.7 Å². The van der Waals surface area contributed by atoms with Gasteiger partial charge < -0.3 is 4.43 Å². The van der Waals surface area contributed by atoms with Crippen molar-refractivity contribution in [2.45, 2.75) is 64.5 Å². The third-order valence-electron chi connectivity index (χ3n) is 3.81. The summed E-state index contributed by atoms with van der Waals surface area (Å²) in [6.07, 6.45) is 5.15. The minimum absolute atomic E-state index is 0.278. The monoisotopic (exact) mass is 229 g/mol. The molecule has 0 heterocycles. The molecule has 0 aromatic carbocycles. The molecule has 0 spiro atoms. The highest BCUT2D eigenvalue weighted by Gasteiger charge is 2.47. The first-order valence-corrected chi connectivity index (χ1v) is 6.57.